The summed E-state index contributed by atoms with van der Waals surface area (Å²) in [6, 6.07) is 5.83. The number of ether oxygens (including phenoxy) is 1. The molecule has 0 atom stereocenters. The topological polar surface area (TPSA) is 26.3 Å². The van der Waals surface area contributed by atoms with Crippen molar-refractivity contribution in [3.63, 3.8) is 0 Å². The summed E-state index contributed by atoms with van der Waals surface area (Å²) in [7, 11) is 0. The number of allylic oxidation sites excluding steroid dienone is 1. The van der Waals surface area contributed by atoms with Crippen molar-refractivity contribution >= 4 is 17.9 Å². The normalized spacial score (nSPS) is 18.7. The molecule has 23 heavy (non-hydrogen) atoms. The minimum Gasteiger partial charge on any atom is -0.489 e. The van der Waals surface area contributed by atoms with Gasteiger partial charge in [0.25, 0.3) is 0 Å². The molecule has 0 amide bonds. The molecule has 3 heteroatoms. The average molecular weight is 333 g/mol. The third-order valence-electron chi connectivity index (χ3n) is 5.20. The highest BCUT2D eigenvalue weighted by Crippen LogP contribution is 2.40. The van der Waals surface area contributed by atoms with E-state index in [4.69, 9.17) is 16.3 Å². The van der Waals surface area contributed by atoms with Crippen molar-refractivity contribution in [2.24, 2.45) is 5.92 Å². The monoisotopic (exact) mass is 332 g/mol. The number of aldehydes is 1. The quantitative estimate of drug-likeness (QED) is 0.485. The first-order valence-corrected chi connectivity index (χ1v) is 9.21. The lowest BCUT2D eigenvalue weighted by Gasteiger charge is -2.33. The summed E-state index contributed by atoms with van der Waals surface area (Å²) < 4.78 is 6.02. The van der Waals surface area contributed by atoms with E-state index < -0.39 is 0 Å². The van der Waals surface area contributed by atoms with Crippen molar-refractivity contribution in [2.45, 2.75) is 57.8 Å². The zero-order chi connectivity index (χ0) is 16.1. The molecule has 1 aromatic carbocycles. The van der Waals surface area contributed by atoms with E-state index in [1.165, 1.54) is 50.5 Å². The van der Waals surface area contributed by atoms with Crippen LogP contribution in [-0.2, 0) is 11.2 Å². The fourth-order valence-electron chi connectivity index (χ4n) is 3.61. The fourth-order valence-corrected chi connectivity index (χ4v) is 3.88. The highest BCUT2D eigenvalue weighted by atomic mass is 35.5. The van der Waals surface area contributed by atoms with Crippen molar-refractivity contribution in [3.05, 3.63) is 39.9 Å². The van der Waals surface area contributed by atoms with Crippen LogP contribution in [0.4, 0.5) is 0 Å². The molecule has 0 unspecified atom stereocenters. The highest BCUT2D eigenvalue weighted by Gasteiger charge is 2.26. The number of halogens is 1. The molecule has 2 nitrogen and oxygen atoms in total. The predicted octanol–water partition coefficient (Wildman–Crippen LogP) is 5.52. The van der Waals surface area contributed by atoms with Gasteiger partial charge in [0.05, 0.1) is 0 Å². The molecule has 2 aliphatic carbocycles. The van der Waals surface area contributed by atoms with Gasteiger partial charge in [0, 0.05) is 11.4 Å². The van der Waals surface area contributed by atoms with Crippen LogP contribution in [0.2, 0.25) is 5.02 Å². The smallest absolute Gasteiger partial charge is 0.121 e. The van der Waals surface area contributed by atoms with Gasteiger partial charge in [-0.3, -0.25) is 0 Å². The van der Waals surface area contributed by atoms with Crippen LogP contribution in [0.3, 0.4) is 0 Å². The molecule has 1 saturated carbocycles. The van der Waals surface area contributed by atoms with Crippen molar-refractivity contribution in [3.8, 4) is 5.75 Å². The second-order valence-corrected chi connectivity index (χ2v) is 7.12. The van der Waals surface area contributed by atoms with Crippen LogP contribution in [0.5, 0.6) is 5.75 Å². The molecule has 0 aromatic heterocycles. The van der Waals surface area contributed by atoms with Gasteiger partial charge in [0.2, 0.25) is 0 Å². The number of rotatable bonds is 7. The van der Waals surface area contributed by atoms with Crippen LogP contribution in [-0.4, -0.2) is 12.9 Å². The first kappa shape index (κ1) is 16.6. The Hall–Kier alpha value is -1.28. The first-order valence-electron chi connectivity index (χ1n) is 8.83. The Kier molecular flexibility index (Phi) is 5.77. The highest BCUT2D eigenvalue weighted by molar-refractivity contribution is 6.31. The second-order valence-electron chi connectivity index (χ2n) is 6.71. The van der Waals surface area contributed by atoms with E-state index in [0.717, 1.165) is 23.5 Å². The summed E-state index contributed by atoms with van der Waals surface area (Å²) in [5, 5.41) is 0.696. The van der Waals surface area contributed by atoms with Gasteiger partial charge in [-0.15, -0.1) is 0 Å². The molecule has 3 rings (SSSR count). The maximum absolute atomic E-state index is 10.5. The average Bonchev–Trinajstić information content (AvgIpc) is 2.51. The van der Waals surface area contributed by atoms with Crippen LogP contribution in [0.15, 0.2) is 29.3 Å². The van der Waals surface area contributed by atoms with Crippen LogP contribution in [0.1, 0.15) is 56.9 Å². The lowest BCUT2D eigenvalue weighted by Crippen LogP contribution is -2.20. The minimum atomic E-state index is 0.511. The third kappa shape index (κ3) is 4.17. The van der Waals surface area contributed by atoms with Gasteiger partial charge in [-0.1, -0.05) is 29.7 Å². The molecule has 0 spiro atoms. The number of hydrogen-bond acceptors (Lipinski definition) is 2. The number of hydrogen-bond donors (Lipinski definition) is 0. The van der Waals surface area contributed by atoms with E-state index in [9.17, 15) is 4.79 Å². The summed E-state index contributed by atoms with van der Waals surface area (Å²) in [6.45, 7) is 0.704. The van der Waals surface area contributed by atoms with Crippen molar-refractivity contribution in [2.75, 3.05) is 6.61 Å². The molecular weight excluding hydrogens is 308 g/mol. The van der Waals surface area contributed by atoms with Gasteiger partial charge >= 0.3 is 0 Å². The Balaban J connectivity index is 1.63. The van der Waals surface area contributed by atoms with Gasteiger partial charge in [-0.2, -0.15) is 0 Å². The van der Waals surface area contributed by atoms with Crippen molar-refractivity contribution in [1.29, 1.82) is 0 Å². The fraction of sp³-hybridized carbons (Fsp3) is 0.550. The summed E-state index contributed by atoms with van der Waals surface area (Å²) in [5.74, 6) is 1.67. The Bertz CT molecular complexity index is 587. The third-order valence-corrected chi connectivity index (χ3v) is 5.55. The molecule has 0 heterocycles. The van der Waals surface area contributed by atoms with Gasteiger partial charge in [0.1, 0.15) is 18.6 Å². The molecule has 0 saturated heterocycles. The zero-order valence-electron chi connectivity index (χ0n) is 13.7. The van der Waals surface area contributed by atoms with Gasteiger partial charge in [-0.25, -0.2) is 0 Å². The number of carbonyl (C=O) groups is 1. The summed E-state index contributed by atoms with van der Waals surface area (Å²) in [4.78, 5) is 10.5. The molecule has 1 aromatic rings. The SMILES string of the molecule is O=CCCc1ccc(OCC2=C(C3CCC3)CCCC2)cc1Cl. The Morgan fingerprint density at radius 1 is 1.17 bits per heavy atom. The summed E-state index contributed by atoms with van der Waals surface area (Å²) in [6.07, 6.45) is 11.4. The predicted molar refractivity (Wildman–Crippen MR) is 94.2 cm³/mol. The van der Waals surface area contributed by atoms with E-state index in [-0.39, 0.29) is 0 Å². The second kappa shape index (κ2) is 8.01. The summed E-state index contributed by atoms with van der Waals surface area (Å²) >= 11 is 6.29. The van der Waals surface area contributed by atoms with Crippen molar-refractivity contribution in [1.82, 2.24) is 0 Å². The number of aryl methyl sites for hydroxylation is 1. The largest absolute Gasteiger partial charge is 0.489 e. The molecule has 0 radical (unpaired) electrons. The zero-order valence-corrected chi connectivity index (χ0v) is 14.4. The Morgan fingerprint density at radius 2 is 2.00 bits per heavy atom. The van der Waals surface area contributed by atoms with Crippen LogP contribution >= 0.6 is 11.6 Å². The molecular formula is C20H25ClO2. The molecule has 124 valence electrons. The van der Waals surface area contributed by atoms with E-state index in [2.05, 4.69) is 0 Å². The molecule has 1 fully saturated rings. The van der Waals surface area contributed by atoms with E-state index in [1.54, 1.807) is 5.57 Å². The van der Waals surface area contributed by atoms with Crippen LogP contribution in [0.25, 0.3) is 0 Å². The Morgan fingerprint density at radius 3 is 2.70 bits per heavy atom. The van der Waals surface area contributed by atoms with Crippen LogP contribution < -0.4 is 4.74 Å². The molecule has 2 aliphatic rings. The number of carbonyl (C=O) groups excluding carboxylic acids is 1. The van der Waals surface area contributed by atoms with E-state index >= 15 is 0 Å². The first-order chi connectivity index (χ1) is 11.3. The molecule has 0 bridgehead atoms. The van der Waals surface area contributed by atoms with E-state index in [0.29, 0.717) is 24.5 Å². The molecule has 0 N–H and O–H groups in total. The maximum Gasteiger partial charge on any atom is 0.121 e. The maximum atomic E-state index is 10.5. The standard InChI is InChI=1S/C20H25ClO2/c21-20-13-18(11-10-16(20)8-4-12-22)23-14-17-5-1-2-9-19(17)15-6-3-7-15/h10-13,15H,1-9,14H2. The van der Waals surface area contributed by atoms with Gasteiger partial charge < -0.3 is 9.53 Å². The van der Waals surface area contributed by atoms with Crippen molar-refractivity contribution < 1.29 is 9.53 Å². The lowest BCUT2D eigenvalue weighted by atomic mass is 9.73. The Labute approximate surface area is 143 Å². The van der Waals surface area contributed by atoms with Gasteiger partial charge in [-0.05, 0) is 74.1 Å². The molecule has 0 aliphatic heterocycles. The van der Waals surface area contributed by atoms with E-state index in [1.807, 2.05) is 18.2 Å². The lowest BCUT2D eigenvalue weighted by molar-refractivity contribution is -0.107. The van der Waals surface area contributed by atoms with Gasteiger partial charge in [0.15, 0.2) is 0 Å². The minimum absolute atomic E-state index is 0.511. The summed E-state index contributed by atoms with van der Waals surface area (Å²) in [5.41, 5.74) is 4.23. The van der Waals surface area contributed by atoms with Crippen LogP contribution in [0, 0.1) is 5.92 Å². The number of benzene rings is 1.